The number of ketones is 1. The number of hydrogen-bond donors (Lipinski definition) is 0. The lowest BCUT2D eigenvalue weighted by molar-refractivity contribution is -0.384. The molecule has 0 spiro atoms. The smallest absolute Gasteiger partial charge is 0.270 e. The maximum atomic E-state index is 12.2. The summed E-state index contributed by atoms with van der Waals surface area (Å²) >= 11 is 0. The van der Waals surface area contributed by atoms with E-state index in [-0.39, 0.29) is 17.4 Å². The van der Waals surface area contributed by atoms with Crippen LogP contribution in [0.4, 0.5) is 5.69 Å². The number of aryl methyl sites for hydroxylation is 1. The quantitative estimate of drug-likeness (QED) is 0.480. The standard InChI is InChI=1S/C14H16N2O3/c1-4-15-8-12(14(17)9(2)3)11-7-10(16(18)19)5-6-13(11)15/h5-9H,4H2,1-3H3. The minimum absolute atomic E-state index is 0.0118. The second-order valence-corrected chi connectivity index (χ2v) is 4.81. The first-order chi connectivity index (χ1) is 8.95. The van der Waals surface area contributed by atoms with Gasteiger partial charge in [0.25, 0.3) is 5.69 Å². The summed E-state index contributed by atoms with van der Waals surface area (Å²) in [5.74, 6) is -0.118. The molecule has 0 bridgehead atoms. The molecule has 0 saturated carbocycles. The molecule has 0 fully saturated rings. The molecular formula is C14H16N2O3. The van der Waals surface area contributed by atoms with Crippen LogP contribution in [0.3, 0.4) is 0 Å². The zero-order chi connectivity index (χ0) is 14.2. The molecule has 0 aliphatic heterocycles. The van der Waals surface area contributed by atoms with Crippen LogP contribution in [0, 0.1) is 16.0 Å². The van der Waals surface area contributed by atoms with Crippen molar-refractivity contribution >= 4 is 22.4 Å². The Kier molecular flexibility index (Phi) is 3.38. The van der Waals surface area contributed by atoms with Gasteiger partial charge in [-0.05, 0) is 13.0 Å². The Labute approximate surface area is 111 Å². The lowest BCUT2D eigenvalue weighted by atomic mass is 10.0. The molecule has 19 heavy (non-hydrogen) atoms. The van der Waals surface area contributed by atoms with Crippen LogP contribution < -0.4 is 0 Å². The van der Waals surface area contributed by atoms with Crippen molar-refractivity contribution in [3.63, 3.8) is 0 Å². The predicted octanol–water partition coefficient (Wildman–Crippen LogP) is 3.41. The highest BCUT2D eigenvalue weighted by molar-refractivity contribution is 6.09. The Bertz CT molecular complexity index is 656. The molecule has 0 N–H and O–H groups in total. The van der Waals surface area contributed by atoms with Crippen molar-refractivity contribution in [1.82, 2.24) is 4.57 Å². The molecule has 0 radical (unpaired) electrons. The average molecular weight is 260 g/mol. The minimum atomic E-state index is -0.438. The first-order valence-corrected chi connectivity index (χ1v) is 6.27. The molecule has 0 aliphatic rings. The van der Waals surface area contributed by atoms with Gasteiger partial charge in [-0.3, -0.25) is 14.9 Å². The van der Waals surface area contributed by atoms with Gasteiger partial charge < -0.3 is 4.57 Å². The summed E-state index contributed by atoms with van der Waals surface area (Å²) < 4.78 is 1.94. The van der Waals surface area contributed by atoms with Crippen LogP contribution in [0.15, 0.2) is 24.4 Å². The Morgan fingerprint density at radius 2 is 2.11 bits per heavy atom. The Morgan fingerprint density at radius 3 is 2.63 bits per heavy atom. The number of benzene rings is 1. The molecule has 5 heteroatoms. The predicted molar refractivity (Wildman–Crippen MR) is 73.4 cm³/mol. The Morgan fingerprint density at radius 1 is 1.42 bits per heavy atom. The van der Waals surface area contributed by atoms with Crippen molar-refractivity contribution in [2.24, 2.45) is 5.92 Å². The normalized spacial score (nSPS) is 11.2. The van der Waals surface area contributed by atoms with E-state index in [9.17, 15) is 14.9 Å². The minimum Gasteiger partial charge on any atom is -0.347 e. The van der Waals surface area contributed by atoms with Crippen LogP contribution in [0.5, 0.6) is 0 Å². The molecule has 2 aromatic rings. The van der Waals surface area contributed by atoms with Gasteiger partial charge in [-0.15, -0.1) is 0 Å². The van der Waals surface area contributed by atoms with Gasteiger partial charge in [-0.25, -0.2) is 0 Å². The summed E-state index contributed by atoms with van der Waals surface area (Å²) in [7, 11) is 0. The number of nitrogens with zero attached hydrogens (tertiary/aromatic N) is 2. The molecule has 0 aliphatic carbocycles. The molecule has 5 nitrogen and oxygen atoms in total. The van der Waals surface area contributed by atoms with Crippen molar-refractivity contribution in [3.8, 4) is 0 Å². The highest BCUT2D eigenvalue weighted by Gasteiger charge is 2.19. The van der Waals surface area contributed by atoms with Gasteiger partial charge in [0.15, 0.2) is 5.78 Å². The van der Waals surface area contributed by atoms with Gasteiger partial charge in [-0.1, -0.05) is 13.8 Å². The maximum absolute atomic E-state index is 12.2. The van der Waals surface area contributed by atoms with Gasteiger partial charge in [0, 0.05) is 47.3 Å². The van der Waals surface area contributed by atoms with Gasteiger partial charge in [-0.2, -0.15) is 0 Å². The molecule has 0 atom stereocenters. The molecule has 1 aromatic heterocycles. The molecule has 100 valence electrons. The van der Waals surface area contributed by atoms with E-state index in [0.29, 0.717) is 10.9 Å². The van der Waals surface area contributed by atoms with Crippen molar-refractivity contribution in [2.45, 2.75) is 27.3 Å². The highest BCUT2D eigenvalue weighted by atomic mass is 16.6. The summed E-state index contributed by atoms with van der Waals surface area (Å²) in [5.41, 5.74) is 1.44. The van der Waals surface area contributed by atoms with E-state index in [2.05, 4.69) is 0 Å². The number of Topliss-reactive ketones (excluding diaryl/α,β-unsaturated/α-hetero) is 1. The number of nitro benzene ring substituents is 1. The summed E-state index contributed by atoms with van der Waals surface area (Å²) in [6.07, 6.45) is 1.79. The van der Waals surface area contributed by atoms with Crippen LogP contribution in [0.25, 0.3) is 10.9 Å². The number of carbonyl (C=O) groups excluding carboxylic acids is 1. The van der Waals surface area contributed by atoms with E-state index < -0.39 is 4.92 Å². The fraction of sp³-hybridized carbons (Fsp3) is 0.357. The first kappa shape index (κ1) is 13.3. The fourth-order valence-electron chi connectivity index (χ4n) is 2.17. The van der Waals surface area contributed by atoms with Crippen LogP contribution in [0.1, 0.15) is 31.1 Å². The monoisotopic (exact) mass is 260 g/mol. The van der Waals surface area contributed by atoms with Gasteiger partial charge >= 0.3 is 0 Å². The van der Waals surface area contributed by atoms with E-state index in [0.717, 1.165) is 12.1 Å². The lowest BCUT2D eigenvalue weighted by Crippen LogP contribution is -2.06. The van der Waals surface area contributed by atoms with E-state index in [4.69, 9.17) is 0 Å². The molecule has 0 saturated heterocycles. The second-order valence-electron chi connectivity index (χ2n) is 4.81. The first-order valence-electron chi connectivity index (χ1n) is 6.27. The number of nitro groups is 1. The van der Waals surface area contributed by atoms with Gasteiger partial charge in [0.2, 0.25) is 0 Å². The van der Waals surface area contributed by atoms with E-state index in [1.54, 1.807) is 12.3 Å². The summed E-state index contributed by atoms with van der Waals surface area (Å²) in [4.78, 5) is 22.6. The van der Waals surface area contributed by atoms with Crippen molar-refractivity contribution in [2.75, 3.05) is 0 Å². The molecule has 0 unspecified atom stereocenters. The molecule has 0 amide bonds. The molecule has 1 heterocycles. The number of non-ortho nitro benzene ring substituents is 1. The topological polar surface area (TPSA) is 65.1 Å². The van der Waals surface area contributed by atoms with E-state index in [1.807, 2.05) is 25.3 Å². The third-order valence-electron chi connectivity index (χ3n) is 3.21. The lowest BCUT2D eigenvalue weighted by Gasteiger charge is -2.01. The Balaban J connectivity index is 2.72. The summed E-state index contributed by atoms with van der Waals surface area (Å²) in [6.45, 7) is 6.35. The molecule has 2 rings (SSSR count). The van der Waals surface area contributed by atoms with Crippen LogP contribution in [-0.2, 0) is 6.54 Å². The van der Waals surface area contributed by atoms with Crippen molar-refractivity contribution in [3.05, 3.63) is 40.1 Å². The van der Waals surface area contributed by atoms with Crippen molar-refractivity contribution < 1.29 is 9.72 Å². The summed E-state index contributed by atoms with van der Waals surface area (Å²) in [6, 6.07) is 4.66. The number of rotatable bonds is 4. The third kappa shape index (κ3) is 2.23. The Hall–Kier alpha value is -2.17. The number of hydrogen-bond acceptors (Lipinski definition) is 3. The third-order valence-corrected chi connectivity index (χ3v) is 3.21. The van der Waals surface area contributed by atoms with Gasteiger partial charge in [0.1, 0.15) is 0 Å². The highest BCUT2D eigenvalue weighted by Crippen LogP contribution is 2.27. The molecular weight excluding hydrogens is 244 g/mol. The number of carbonyl (C=O) groups is 1. The van der Waals surface area contributed by atoms with Crippen LogP contribution in [-0.4, -0.2) is 15.3 Å². The SMILES string of the molecule is CCn1cc(C(=O)C(C)C)c2cc([N+](=O)[O-])ccc21. The van der Waals surface area contributed by atoms with E-state index in [1.165, 1.54) is 12.1 Å². The van der Waals surface area contributed by atoms with Crippen LogP contribution in [0.2, 0.25) is 0 Å². The largest absolute Gasteiger partial charge is 0.347 e. The maximum Gasteiger partial charge on any atom is 0.270 e. The van der Waals surface area contributed by atoms with E-state index >= 15 is 0 Å². The molecule has 1 aromatic carbocycles. The van der Waals surface area contributed by atoms with Gasteiger partial charge in [0.05, 0.1) is 4.92 Å². The van der Waals surface area contributed by atoms with Crippen LogP contribution >= 0.6 is 0 Å². The number of fused-ring (bicyclic) bond motifs is 1. The second kappa shape index (κ2) is 4.84. The summed E-state index contributed by atoms with van der Waals surface area (Å²) in [5, 5.41) is 11.5. The average Bonchev–Trinajstić information content (AvgIpc) is 2.75. The van der Waals surface area contributed by atoms with Crippen molar-refractivity contribution in [1.29, 1.82) is 0 Å². The zero-order valence-corrected chi connectivity index (χ0v) is 11.2. The number of aromatic nitrogens is 1. The zero-order valence-electron chi connectivity index (χ0n) is 11.2. The fourth-order valence-corrected chi connectivity index (χ4v) is 2.17.